The van der Waals surface area contributed by atoms with Crippen LogP contribution in [0.15, 0.2) is 10.8 Å². The summed E-state index contributed by atoms with van der Waals surface area (Å²) in [7, 11) is 2.17. The fraction of sp³-hybridized carbons (Fsp3) is 0.636. The third kappa shape index (κ3) is 3.30. The first-order valence-corrected chi connectivity index (χ1v) is 6.95. The van der Waals surface area contributed by atoms with Crippen LogP contribution in [0.1, 0.15) is 19.3 Å². The molecule has 94 valence electrons. The third-order valence-corrected chi connectivity index (χ3v) is 4.44. The van der Waals surface area contributed by atoms with Gasteiger partial charge in [-0.25, -0.2) is 9.97 Å². The van der Waals surface area contributed by atoms with Crippen LogP contribution >= 0.6 is 27.5 Å². The van der Waals surface area contributed by atoms with Gasteiger partial charge in [-0.15, -0.1) is 0 Å². The number of likely N-dealkylation sites (N-methyl/N-ethyl adjacent to an activating group) is 1. The lowest BCUT2D eigenvalue weighted by Gasteiger charge is -2.32. The zero-order valence-corrected chi connectivity index (χ0v) is 12.1. The maximum absolute atomic E-state index is 5.92. The minimum Gasteiger partial charge on any atom is -0.367 e. The summed E-state index contributed by atoms with van der Waals surface area (Å²) >= 11 is 9.30. The molecule has 17 heavy (non-hydrogen) atoms. The Labute approximate surface area is 115 Å². The van der Waals surface area contributed by atoms with Gasteiger partial charge in [-0.3, -0.25) is 0 Å². The van der Waals surface area contributed by atoms with Gasteiger partial charge in [0.2, 0.25) is 0 Å². The van der Waals surface area contributed by atoms with Crippen LogP contribution in [0, 0.1) is 0 Å². The molecule has 0 aromatic carbocycles. The lowest BCUT2D eigenvalue weighted by atomic mass is 10.0. The van der Waals surface area contributed by atoms with E-state index in [1.807, 2.05) is 0 Å². The molecule has 1 N–H and O–H groups in total. The molecule has 2 heterocycles. The molecule has 0 bridgehead atoms. The van der Waals surface area contributed by atoms with Crippen molar-refractivity contribution in [1.82, 2.24) is 14.9 Å². The highest BCUT2D eigenvalue weighted by Gasteiger charge is 2.19. The molecule has 6 heteroatoms. The van der Waals surface area contributed by atoms with Gasteiger partial charge in [0.05, 0.1) is 4.47 Å². The normalized spacial score (nSPS) is 21.5. The topological polar surface area (TPSA) is 41.0 Å². The quantitative estimate of drug-likeness (QED) is 0.870. The largest absolute Gasteiger partial charge is 0.367 e. The maximum Gasteiger partial charge on any atom is 0.148 e. The molecule has 0 spiro atoms. The van der Waals surface area contributed by atoms with Crippen molar-refractivity contribution in [1.29, 1.82) is 0 Å². The van der Waals surface area contributed by atoms with Crippen molar-refractivity contribution in [2.75, 3.05) is 25.5 Å². The maximum atomic E-state index is 5.92. The molecular formula is C11H16BrClN4. The monoisotopic (exact) mass is 318 g/mol. The zero-order chi connectivity index (χ0) is 12.3. The molecule has 0 aliphatic carbocycles. The molecular weight excluding hydrogens is 304 g/mol. The number of piperidine rings is 1. The Morgan fingerprint density at radius 3 is 3.12 bits per heavy atom. The van der Waals surface area contributed by atoms with Gasteiger partial charge < -0.3 is 10.2 Å². The number of halogens is 2. The van der Waals surface area contributed by atoms with E-state index < -0.39 is 0 Å². The van der Waals surface area contributed by atoms with Gasteiger partial charge in [0, 0.05) is 12.6 Å². The van der Waals surface area contributed by atoms with Gasteiger partial charge in [0.1, 0.15) is 17.3 Å². The number of aromatic nitrogens is 2. The first-order chi connectivity index (χ1) is 8.18. The highest BCUT2D eigenvalue weighted by molar-refractivity contribution is 9.10. The Balaban J connectivity index is 1.95. The van der Waals surface area contributed by atoms with Crippen LogP contribution in [0.3, 0.4) is 0 Å². The van der Waals surface area contributed by atoms with Crippen molar-refractivity contribution in [3.8, 4) is 0 Å². The van der Waals surface area contributed by atoms with E-state index in [0.717, 1.165) is 16.8 Å². The number of nitrogens with one attached hydrogen (secondary N) is 1. The molecule has 0 saturated carbocycles. The number of rotatable bonds is 3. The number of anilines is 1. The second-order valence-electron chi connectivity index (χ2n) is 4.34. The number of likely N-dealkylation sites (tertiary alicyclic amines) is 1. The van der Waals surface area contributed by atoms with Crippen LogP contribution in [0.4, 0.5) is 5.82 Å². The minimum absolute atomic E-state index is 0.444. The lowest BCUT2D eigenvalue weighted by molar-refractivity contribution is 0.194. The average molecular weight is 320 g/mol. The first-order valence-electron chi connectivity index (χ1n) is 5.78. The van der Waals surface area contributed by atoms with Crippen molar-refractivity contribution in [3.63, 3.8) is 0 Å². The molecule has 1 aromatic heterocycles. The van der Waals surface area contributed by atoms with Crippen molar-refractivity contribution in [2.45, 2.75) is 25.3 Å². The lowest BCUT2D eigenvalue weighted by Crippen LogP contribution is -2.40. The molecule has 4 nitrogen and oxygen atoms in total. The van der Waals surface area contributed by atoms with Crippen molar-refractivity contribution < 1.29 is 0 Å². The smallest absolute Gasteiger partial charge is 0.148 e. The molecule has 1 aliphatic rings. The van der Waals surface area contributed by atoms with Gasteiger partial charge in [-0.05, 0) is 42.4 Å². The molecule has 0 amide bonds. The van der Waals surface area contributed by atoms with Crippen LogP contribution in [0.25, 0.3) is 0 Å². The number of hydrogen-bond acceptors (Lipinski definition) is 4. The SMILES string of the molecule is CN1CCCCC1CNc1ncnc(Cl)c1Br. The summed E-state index contributed by atoms with van der Waals surface area (Å²) in [5.74, 6) is 0.768. The predicted molar refractivity (Wildman–Crippen MR) is 73.5 cm³/mol. The van der Waals surface area contributed by atoms with Crippen LogP contribution in [-0.2, 0) is 0 Å². The predicted octanol–water partition coefficient (Wildman–Crippen LogP) is 2.79. The van der Waals surface area contributed by atoms with E-state index in [9.17, 15) is 0 Å². The van der Waals surface area contributed by atoms with Crippen molar-refractivity contribution in [3.05, 3.63) is 16.0 Å². The molecule has 0 radical (unpaired) electrons. The van der Waals surface area contributed by atoms with Crippen LogP contribution in [0.2, 0.25) is 5.15 Å². The zero-order valence-electron chi connectivity index (χ0n) is 9.79. The standard InChI is InChI=1S/C11H16BrClN4/c1-17-5-3-2-4-8(17)6-14-11-9(12)10(13)15-7-16-11/h7-8H,2-6H2,1H3,(H,14,15,16). The van der Waals surface area contributed by atoms with Gasteiger partial charge >= 0.3 is 0 Å². The second kappa shape index (κ2) is 5.98. The van der Waals surface area contributed by atoms with Crippen LogP contribution in [-0.4, -0.2) is 41.0 Å². The summed E-state index contributed by atoms with van der Waals surface area (Å²) in [5.41, 5.74) is 0. The van der Waals surface area contributed by atoms with E-state index in [2.05, 4.69) is 43.2 Å². The summed E-state index contributed by atoms with van der Waals surface area (Å²) in [6.45, 7) is 2.07. The first kappa shape index (κ1) is 13.1. The van der Waals surface area contributed by atoms with Gasteiger partial charge in [0.15, 0.2) is 0 Å². The highest BCUT2D eigenvalue weighted by atomic mass is 79.9. The van der Waals surface area contributed by atoms with E-state index in [1.54, 1.807) is 0 Å². The Hall–Kier alpha value is -0.390. The summed E-state index contributed by atoms with van der Waals surface area (Å²) < 4.78 is 0.736. The fourth-order valence-corrected chi connectivity index (χ4v) is 2.57. The minimum atomic E-state index is 0.444. The molecule has 2 rings (SSSR count). The van der Waals surface area contributed by atoms with E-state index >= 15 is 0 Å². The summed E-state index contributed by atoms with van der Waals surface area (Å²) in [6.07, 6.45) is 5.32. The van der Waals surface area contributed by atoms with E-state index in [-0.39, 0.29) is 0 Å². The molecule has 1 saturated heterocycles. The van der Waals surface area contributed by atoms with Gasteiger partial charge in [-0.1, -0.05) is 18.0 Å². The molecule has 1 aromatic rings. The fourth-order valence-electron chi connectivity index (χ4n) is 2.09. The van der Waals surface area contributed by atoms with Crippen molar-refractivity contribution >= 4 is 33.3 Å². The Morgan fingerprint density at radius 2 is 2.35 bits per heavy atom. The van der Waals surface area contributed by atoms with E-state index in [4.69, 9.17) is 11.6 Å². The van der Waals surface area contributed by atoms with Gasteiger partial charge in [0.25, 0.3) is 0 Å². The van der Waals surface area contributed by atoms with Crippen LogP contribution < -0.4 is 5.32 Å². The summed E-state index contributed by atoms with van der Waals surface area (Å²) in [6, 6.07) is 0.574. The number of nitrogens with zero attached hydrogens (tertiary/aromatic N) is 3. The average Bonchev–Trinajstić information content (AvgIpc) is 2.33. The second-order valence-corrected chi connectivity index (χ2v) is 5.49. The summed E-state index contributed by atoms with van der Waals surface area (Å²) in [4.78, 5) is 10.5. The Bertz CT molecular complexity index is 388. The third-order valence-electron chi connectivity index (χ3n) is 3.17. The number of hydrogen-bond donors (Lipinski definition) is 1. The molecule has 1 fully saturated rings. The Kier molecular flexibility index (Phi) is 4.59. The highest BCUT2D eigenvalue weighted by Crippen LogP contribution is 2.26. The molecule has 1 aliphatic heterocycles. The molecule has 1 atom stereocenters. The van der Waals surface area contributed by atoms with Crippen LogP contribution in [0.5, 0.6) is 0 Å². The van der Waals surface area contributed by atoms with E-state index in [0.29, 0.717) is 11.2 Å². The Morgan fingerprint density at radius 1 is 1.53 bits per heavy atom. The van der Waals surface area contributed by atoms with Gasteiger partial charge in [-0.2, -0.15) is 0 Å². The molecule has 1 unspecified atom stereocenters. The van der Waals surface area contributed by atoms with Crippen molar-refractivity contribution in [2.24, 2.45) is 0 Å². The van der Waals surface area contributed by atoms with E-state index in [1.165, 1.54) is 32.1 Å². The summed E-state index contributed by atoms with van der Waals surface area (Å²) in [5, 5.41) is 3.77.